The first-order valence-electron chi connectivity index (χ1n) is 8.71. The van der Waals surface area contributed by atoms with Gasteiger partial charge < -0.3 is 9.47 Å². The van der Waals surface area contributed by atoms with Crippen LogP contribution in [-0.2, 0) is 21.4 Å². The van der Waals surface area contributed by atoms with Crippen LogP contribution in [0.15, 0.2) is 54.6 Å². The number of ether oxygens (including phenoxy) is 2. The minimum absolute atomic E-state index is 0.195. The molecule has 1 unspecified atom stereocenters. The van der Waals surface area contributed by atoms with Gasteiger partial charge in [-0.25, -0.2) is 0 Å². The number of hydrogen-bond donors (Lipinski definition) is 0. The summed E-state index contributed by atoms with van der Waals surface area (Å²) in [6.07, 6.45) is 0.708. The minimum atomic E-state index is -0.729. The molecule has 134 valence electrons. The van der Waals surface area contributed by atoms with Gasteiger partial charge in [0, 0.05) is 11.0 Å². The first-order chi connectivity index (χ1) is 11.9. The molecule has 0 amide bonds. The maximum atomic E-state index is 12.8. The second kappa shape index (κ2) is 7.73. The van der Waals surface area contributed by atoms with E-state index in [2.05, 4.69) is 19.1 Å². The summed E-state index contributed by atoms with van der Waals surface area (Å²) in [6.45, 7) is 8.25. The van der Waals surface area contributed by atoms with E-state index in [0.717, 1.165) is 11.3 Å². The van der Waals surface area contributed by atoms with Crippen molar-refractivity contribution in [1.29, 1.82) is 0 Å². The van der Waals surface area contributed by atoms with Gasteiger partial charge >= 0.3 is 5.97 Å². The van der Waals surface area contributed by atoms with Crippen LogP contribution in [0, 0.1) is 5.41 Å². The summed E-state index contributed by atoms with van der Waals surface area (Å²) in [4.78, 5) is 12.8. The second-order valence-corrected chi connectivity index (χ2v) is 7.04. The van der Waals surface area contributed by atoms with Crippen LogP contribution in [0.1, 0.15) is 38.8 Å². The third kappa shape index (κ3) is 3.71. The number of rotatable bonds is 7. The van der Waals surface area contributed by atoms with E-state index in [4.69, 9.17) is 9.47 Å². The SMILES string of the molecule is CCOC(=O)C(C)(C)C(C)(Cc1ccccc1)c1ccccc1OC. The van der Waals surface area contributed by atoms with Gasteiger partial charge in [-0.3, -0.25) is 4.79 Å². The molecule has 0 N–H and O–H groups in total. The van der Waals surface area contributed by atoms with Gasteiger partial charge in [-0.2, -0.15) is 0 Å². The first kappa shape index (κ1) is 19.0. The molecule has 2 aromatic carbocycles. The molecule has 0 spiro atoms. The van der Waals surface area contributed by atoms with Crippen LogP contribution < -0.4 is 4.74 Å². The molecule has 0 aliphatic heterocycles. The molecule has 0 aliphatic rings. The van der Waals surface area contributed by atoms with E-state index >= 15 is 0 Å². The van der Waals surface area contributed by atoms with Crippen molar-refractivity contribution in [2.45, 2.75) is 39.5 Å². The van der Waals surface area contributed by atoms with Crippen molar-refractivity contribution < 1.29 is 14.3 Å². The quantitative estimate of drug-likeness (QED) is 0.680. The standard InChI is InChI=1S/C22H28O3/c1-6-25-20(23)21(2,3)22(4,16-17-12-8-7-9-13-17)18-14-10-11-15-19(18)24-5/h7-15H,6,16H2,1-5H3. The van der Waals surface area contributed by atoms with Gasteiger partial charge in [0.25, 0.3) is 0 Å². The predicted molar refractivity (Wildman–Crippen MR) is 101 cm³/mol. The van der Waals surface area contributed by atoms with Crippen molar-refractivity contribution in [2.75, 3.05) is 13.7 Å². The summed E-state index contributed by atoms with van der Waals surface area (Å²) in [5, 5.41) is 0. The smallest absolute Gasteiger partial charge is 0.312 e. The monoisotopic (exact) mass is 340 g/mol. The zero-order valence-corrected chi connectivity index (χ0v) is 15.8. The van der Waals surface area contributed by atoms with E-state index in [0.29, 0.717) is 13.0 Å². The summed E-state index contributed by atoms with van der Waals surface area (Å²) in [6, 6.07) is 18.2. The van der Waals surface area contributed by atoms with Crippen LogP contribution in [0.2, 0.25) is 0 Å². The Morgan fingerprint density at radius 3 is 2.16 bits per heavy atom. The Bertz CT molecular complexity index is 706. The van der Waals surface area contributed by atoms with Gasteiger partial charge in [0.1, 0.15) is 5.75 Å². The maximum Gasteiger partial charge on any atom is 0.312 e. The van der Waals surface area contributed by atoms with Crippen molar-refractivity contribution in [1.82, 2.24) is 0 Å². The van der Waals surface area contributed by atoms with Gasteiger partial charge in [0.15, 0.2) is 0 Å². The molecule has 0 bridgehead atoms. The Kier molecular flexibility index (Phi) is 5.89. The van der Waals surface area contributed by atoms with Crippen molar-refractivity contribution in [3.63, 3.8) is 0 Å². The molecule has 0 heterocycles. The fraction of sp³-hybridized carbons (Fsp3) is 0.409. The van der Waals surface area contributed by atoms with Gasteiger partial charge in [0.05, 0.1) is 19.1 Å². The fourth-order valence-electron chi connectivity index (χ4n) is 3.29. The fourth-order valence-corrected chi connectivity index (χ4v) is 3.29. The number of methoxy groups -OCH3 is 1. The first-order valence-corrected chi connectivity index (χ1v) is 8.71. The van der Waals surface area contributed by atoms with E-state index in [1.54, 1.807) is 7.11 Å². The van der Waals surface area contributed by atoms with E-state index in [1.807, 2.05) is 63.2 Å². The highest BCUT2D eigenvalue weighted by Crippen LogP contribution is 2.48. The largest absolute Gasteiger partial charge is 0.496 e. The van der Waals surface area contributed by atoms with Crippen LogP contribution >= 0.6 is 0 Å². The minimum Gasteiger partial charge on any atom is -0.496 e. The molecule has 0 radical (unpaired) electrons. The normalized spacial score (nSPS) is 13.8. The zero-order chi connectivity index (χ0) is 18.5. The lowest BCUT2D eigenvalue weighted by molar-refractivity contribution is -0.157. The summed E-state index contributed by atoms with van der Waals surface area (Å²) in [5.41, 5.74) is 0.966. The number of esters is 1. The van der Waals surface area contributed by atoms with Crippen LogP contribution in [0.4, 0.5) is 0 Å². The van der Waals surface area contributed by atoms with E-state index in [1.165, 1.54) is 5.56 Å². The highest BCUT2D eigenvalue weighted by molar-refractivity contribution is 5.79. The van der Waals surface area contributed by atoms with Crippen LogP contribution in [-0.4, -0.2) is 19.7 Å². The Balaban J connectivity index is 2.60. The van der Waals surface area contributed by atoms with Crippen molar-refractivity contribution in [3.05, 3.63) is 65.7 Å². The molecule has 0 aliphatic carbocycles. The molecule has 0 saturated heterocycles. The van der Waals surface area contributed by atoms with Gasteiger partial charge in [0.2, 0.25) is 0 Å². The van der Waals surface area contributed by atoms with E-state index in [-0.39, 0.29) is 5.97 Å². The van der Waals surface area contributed by atoms with Crippen LogP contribution in [0.3, 0.4) is 0 Å². The molecule has 2 rings (SSSR count). The van der Waals surface area contributed by atoms with E-state index < -0.39 is 10.8 Å². The Labute approximate surface area is 151 Å². The molecule has 0 saturated carbocycles. The van der Waals surface area contributed by atoms with Crippen LogP contribution in [0.5, 0.6) is 5.75 Å². The molecule has 2 aromatic rings. The van der Waals surface area contributed by atoms with Crippen molar-refractivity contribution >= 4 is 5.97 Å². The molecule has 3 nitrogen and oxygen atoms in total. The van der Waals surface area contributed by atoms with Crippen molar-refractivity contribution in [2.24, 2.45) is 5.41 Å². The molecule has 1 atom stereocenters. The third-order valence-corrected chi connectivity index (χ3v) is 5.27. The molecule has 3 heteroatoms. The highest BCUT2D eigenvalue weighted by atomic mass is 16.5. The Hall–Kier alpha value is -2.29. The number of carbonyl (C=O) groups is 1. The lowest BCUT2D eigenvalue weighted by Crippen LogP contribution is -2.47. The molecule has 25 heavy (non-hydrogen) atoms. The molecular weight excluding hydrogens is 312 g/mol. The lowest BCUT2D eigenvalue weighted by Gasteiger charge is -2.43. The maximum absolute atomic E-state index is 12.8. The van der Waals surface area contributed by atoms with Gasteiger partial charge in [-0.1, -0.05) is 55.5 Å². The summed E-state index contributed by atoms with van der Waals surface area (Å²) < 4.78 is 11.0. The third-order valence-electron chi connectivity index (χ3n) is 5.27. The molecular formula is C22H28O3. The summed E-state index contributed by atoms with van der Waals surface area (Å²) >= 11 is 0. The molecule has 0 fully saturated rings. The Morgan fingerprint density at radius 1 is 0.960 bits per heavy atom. The van der Waals surface area contributed by atoms with Gasteiger partial charge in [-0.15, -0.1) is 0 Å². The van der Waals surface area contributed by atoms with E-state index in [9.17, 15) is 4.79 Å². The average molecular weight is 340 g/mol. The number of benzene rings is 2. The predicted octanol–water partition coefficient (Wildman–Crippen LogP) is 4.78. The number of hydrogen-bond acceptors (Lipinski definition) is 3. The number of carbonyl (C=O) groups excluding carboxylic acids is 1. The second-order valence-electron chi connectivity index (χ2n) is 7.04. The number of para-hydroxylation sites is 1. The topological polar surface area (TPSA) is 35.5 Å². The summed E-state index contributed by atoms with van der Waals surface area (Å²) in [5.74, 6) is 0.595. The lowest BCUT2D eigenvalue weighted by atomic mass is 9.60. The zero-order valence-electron chi connectivity index (χ0n) is 15.8. The van der Waals surface area contributed by atoms with Crippen LogP contribution in [0.25, 0.3) is 0 Å². The summed E-state index contributed by atoms with van der Waals surface area (Å²) in [7, 11) is 1.67. The highest BCUT2D eigenvalue weighted by Gasteiger charge is 2.49. The Morgan fingerprint density at radius 2 is 1.56 bits per heavy atom. The van der Waals surface area contributed by atoms with Crippen molar-refractivity contribution in [3.8, 4) is 5.75 Å². The molecule has 0 aromatic heterocycles. The average Bonchev–Trinajstić information content (AvgIpc) is 2.62. The van der Waals surface area contributed by atoms with Gasteiger partial charge in [-0.05, 0) is 38.8 Å².